The number of hydrogen-bond donors (Lipinski definition) is 0. The van der Waals surface area contributed by atoms with Gasteiger partial charge in [0.25, 0.3) is 0 Å². The van der Waals surface area contributed by atoms with Gasteiger partial charge >= 0.3 is 0 Å². The van der Waals surface area contributed by atoms with Gasteiger partial charge in [-0.25, -0.2) is 0 Å². The van der Waals surface area contributed by atoms with Crippen LogP contribution in [-0.4, -0.2) is 11.5 Å². The number of rotatable bonds is 5. The summed E-state index contributed by atoms with van der Waals surface area (Å²) in [6, 6.07) is 10.7. The summed E-state index contributed by atoms with van der Waals surface area (Å²) >= 11 is 2.02. The molecule has 2 unspecified atom stereocenters. The number of hydrogen-bond acceptors (Lipinski definition) is 2. The zero-order valence-corrected chi connectivity index (χ0v) is 12.3. The van der Waals surface area contributed by atoms with Gasteiger partial charge in [-0.1, -0.05) is 36.4 Å². The Morgan fingerprint density at radius 2 is 2.05 bits per heavy atom. The van der Waals surface area contributed by atoms with Crippen LogP contribution >= 0.6 is 11.8 Å². The maximum Gasteiger partial charge on any atom is 0.120 e. The summed E-state index contributed by atoms with van der Waals surface area (Å²) in [4.78, 5) is 0.0526. The maximum atomic E-state index is 6.26. The molecule has 1 heterocycles. The lowest BCUT2D eigenvalue weighted by atomic mass is 9.79. The largest absolute Gasteiger partial charge is 0.364 e. The van der Waals surface area contributed by atoms with Crippen molar-refractivity contribution in [1.82, 2.24) is 0 Å². The fourth-order valence-electron chi connectivity index (χ4n) is 3.74. The van der Waals surface area contributed by atoms with Crippen LogP contribution in [0, 0.1) is 5.41 Å². The van der Waals surface area contributed by atoms with E-state index in [4.69, 9.17) is 4.74 Å². The quantitative estimate of drug-likeness (QED) is 0.714. The molecule has 0 amide bonds. The number of thioether (sulfide) groups is 1. The third-order valence-electron chi connectivity index (χ3n) is 4.73. The average Bonchev–Trinajstić information content (AvgIpc) is 2.93. The Kier molecular flexibility index (Phi) is 3.72. The summed E-state index contributed by atoms with van der Waals surface area (Å²) in [5.41, 5.74) is 1.76. The fourth-order valence-corrected chi connectivity index (χ4v) is 5.39. The van der Waals surface area contributed by atoms with E-state index in [0.29, 0.717) is 5.41 Å². The zero-order chi connectivity index (χ0) is 13.2. The van der Waals surface area contributed by atoms with Gasteiger partial charge in [0.1, 0.15) is 4.93 Å². The lowest BCUT2D eigenvalue weighted by molar-refractivity contribution is 0.0386. The molecule has 0 aromatic heterocycles. The molecule has 1 saturated heterocycles. The normalized spacial score (nSPS) is 33.3. The van der Waals surface area contributed by atoms with Crippen LogP contribution in [0.3, 0.4) is 0 Å². The van der Waals surface area contributed by atoms with E-state index in [-0.39, 0.29) is 4.93 Å². The predicted molar refractivity (Wildman–Crippen MR) is 82.1 cm³/mol. The van der Waals surface area contributed by atoms with Crippen LogP contribution in [0.5, 0.6) is 0 Å². The first-order valence-corrected chi connectivity index (χ1v) is 8.22. The van der Waals surface area contributed by atoms with Crippen molar-refractivity contribution in [1.29, 1.82) is 0 Å². The van der Waals surface area contributed by atoms with Crippen molar-refractivity contribution in [2.45, 2.75) is 42.8 Å². The lowest BCUT2D eigenvalue weighted by Gasteiger charge is -2.38. The van der Waals surface area contributed by atoms with Crippen LogP contribution in [0.25, 0.3) is 0 Å². The summed E-state index contributed by atoms with van der Waals surface area (Å²) in [5, 5.41) is 0. The summed E-state index contributed by atoms with van der Waals surface area (Å²) in [7, 11) is 0. The fraction of sp³-hybridized carbons (Fsp3) is 0.529. The molecule has 0 N–H and O–H groups in total. The Bertz CT molecular complexity index is 430. The van der Waals surface area contributed by atoms with Crippen molar-refractivity contribution in [2.24, 2.45) is 5.41 Å². The van der Waals surface area contributed by atoms with E-state index < -0.39 is 0 Å². The van der Waals surface area contributed by atoms with E-state index in [1.807, 2.05) is 11.8 Å². The molecule has 2 heteroatoms. The molecule has 0 bridgehead atoms. The average molecular weight is 274 g/mol. The van der Waals surface area contributed by atoms with Crippen molar-refractivity contribution in [3.8, 4) is 0 Å². The molecular weight excluding hydrogens is 252 g/mol. The van der Waals surface area contributed by atoms with E-state index >= 15 is 0 Å². The van der Waals surface area contributed by atoms with Gasteiger partial charge in [-0.05, 0) is 37.7 Å². The highest BCUT2D eigenvalue weighted by atomic mass is 32.2. The molecule has 1 aliphatic carbocycles. The Morgan fingerprint density at radius 3 is 2.84 bits per heavy atom. The molecule has 2 fully saturated rings. The summed E-state index contributed by atoms with van der Waals surface area (Å²) in [6.45, 7) is 4.89. The van der Waals surface area contributed by atoms with Crippen molar-refractivity contribution in [2.75, 3.05) is 6.61 Å². The van der Waals surface area contributed by atoms with E-state index in [9.17, 15) is 0 Å². The first-order chi connectivity index (χ1) is 9.30. The Morgan fingerprint density at radius 1 is 1.21 bits per heavy atom. The molecule has 0 spiro atoms. The second-order valence-corrected chi connectivity index (χ2v) is 6.99. The highest BCUT2D eigenvalue weighted by Gasteiger charge is 2.58. The van der Waals surface area contributed by atoms with Crippen LogP contribution < -0.4 is 0 Å². The second-order valence-electron chi connectivity index (χ2n) is 5.75. The second kappa shape index (κ2) is 5.34. The smallest absolute Gasteiger partial charge is 0.120 e. The van der Waals surface area contributed by atoms with Gasteiger partial charge in [0.2, 0.25) is 0 Å². The van der Waals surface area contributed by atoms with Crippen LogP contribution in [0.15, 0.2) is 43.0 Å². The van der Waals surface area contributed by atoms with E-state index in [1.165, 1.54) is 31.2 Å². The van der Waals surface area contributed by atoms with Gasteiger partial charge in [0.15, 0.2) is 0 Å². The minimum absolute atomic E-state index is 0.0526. The molecule has 1 saturated carbocycles. The van der Waals surface area contributed by atoms with E-state index in [0.717, 1.165) is 18.8 Å². The molecule has 2 aliphatic rings. The van der Waals surface area contributed by atoms with Crippen LogP contribution in [0.4, 0.5) is 0 Å². The summed E-state index contributed by atoms with van der Waals surface area (Å²) in [5.74, 6) is 1.06. The lowest BCUT2D eigenvalue weighted by Crippen LogP contribution is -2.37. The minimum atomic E-state index is 0.0526. The molecule has 2 atom stereocenters. The molecule has 0 radical (unpaired) electrons. The van der Waals surface area contributed by atoms with Crippen molar-refractivity contribution < 1.29 is 4.74 Å². The van der Waals surface area contributed by atoms with Crippen LogP contribution in [-0.2, 0) is 10.5 Å². The summed E-state index contributed by atoms with van der Waals surface area (Å²) < 4.78 is 6.26. The third-order valence-corrected chi connectivity index (χ3v) is 6.43. The number of ether oxygens (including phenoxy) is 1. The molecule has 102 valence electrons. The minimum Gasteiger partial charge on any atom is -0.364 e. The first kappa shape index (κ1) is 13.3. The number of benzene rings is 1. The SMILES string of the molecule is C=CCC12CCCC1(SCc1ccccc1)OCC2. The zero-order valence-electron chi connectivity index (χ0n) is 11.4. The van der Waals surface area contributed by atoms with Crippen molar-refractivity contribution in [3.63, 3.8) is 0 Å². The van der Waals surface area contributed by atoms with Gasteiger partial charge in [-0.15, -0.1) is 18.3 Å². The van der Waals surface area contributed by atoms with Crippen LogP contribution in [0.2, 0.25) is 0 Å². The highest BCUT2D eigenvalue weighted by molar-refractivity contribution is 7.99. The Balaban J connectivity index is 1.76. The van der Waals surface area contributed by atoms with Crippen LogP contribution in [0.1, 0.15) is 37.7 Å². The van der Waals surface area contributed by atoms with Crippen molar-refractivity contribution >= 4 is 11.8 Å². The predicted octanol–water partition coefficient (Wildman–Crippen LogP) is 4.78. The molecular formula is C17H22OS. The maximum absolute atomic E-state index is 6.26. The van der Waals surface area contributed by atoms with Gasteiger partial charge in [-0.3, -0.25) is 0 Å². The van der Waals surface area contributed by atoms with Gasteiger partial charge < -0.3 is 4.74 Å². The van der Waals surface area contributed by atoms with E-state index in [2.05, 4.69) is 43.0 Å². The van der Waals surface area contributed by atoms with Crippen molar-refractivity contribution in [3.05, 3.63) is 48.6 Å². The standard InChI is InChI=1S/C17H22OS/c1-2-9-16-10-6-11-17(16,18-13-12-16)19-14-15-7-4-3-5-8-15/h2-5,7-8H,1,6,9-14H2. The van der Waals surface area contributed by atoms with E-state index in [1.54, 1.807) is 0 Å². The molecule has 1 nitrogen and oxygen atoms in total. The monoisotopic (exact) mass is 274 g/mol. The molecule has 3 rings (SSSR count). The van der Waals surface area contributed by atoms with Gasteiger partial charge in [-0.2, -0.15) is 0 Å². The topological polar surface area (TPSA) is 9.23 Å². The third kappa shape index (κ3) is 2.25. The molecule has 1 aromatic carbocycles. The van der Waals surface area contributed by atoms with Gasteiger partial charge in [0, 0.05) is 17.8 Å². The molecule has 1 aromatic rings. The van der Waals surface area contributed by atoms with Gasteiger partial charge in [0.05, 0.1) is 0 Å². The Labute approximate surface area is 120 Å². The highest BCUT2D eigenvalue weighted by Crippen LogP contribution is 2.62. The molecule has 19 heavy (non-hydrogen) atoms. The number of allylic oxidation sites excluding steroid dienone is 1. The molecule has 1 aliphatic heterocycles. The Hall–Kier alpha value is -0.730. The summed E-state index contributed by atoms with van der Waals surface area (Å²) in [6.07, 6.45) is 8.22. The number of fused-ring (bicyclic) bond motifs is 1. The first-order valence-electron chi connectivity index (χ1n) is 7.23.